The molecule has 1 heterocycles. The van der Waals surface area contributed by atoms with Gasteiger partial charge in [-0.15, -0.1) is 6.58 Å². The summed E-state index contributed by atoms with van der Waals surface area (Å²) >= 11 is 0. The molecule has 0 aliphatic rings. The summed E-state index contributed by atoms with van der Waals surface area (Å²) in [5.41, 5.74) is -0.0600. The van der Waals surface area contributed by atoms with Crippen LogP contribution in [0.25, 0.3) is 0 Å². The van der Waals surface area contributed by atoms with Crippen LogP contribution in [-0.2, 0) is 0 Å². The Kier molecular flexibility index (Phi) is 3.45. The van der Waals surface area contributed by atoms with E-state index >= 15 is 0 Å². The Morgan fingerprint density at radius 1 is 1.60 bits per heavy atom. The molecule has 0 fully saturated rings. The highest BCUT2D eigenvalue weighted by molar-refractivity contribution is 5.82. The van der Waals surface area contributed by atoms with Crippen molar-refractivity contribution in [2.24, 2.45) is 11.3 Å². The Hall–Kier alpha value is -1.38. The Morgan fingerprint density at radius 3 is 2.67 bits per heavy atom. The molecule has 0 aliphatic carbocycles. The van der Waals surface area contributed by atoms with Gasteiger partial charge < -0.3 is 0 Å². The fraction of sp³-hybridized carbons (Fsp3) is 0.500. The van der Waals surface area contributed by atoms with Gasteiger partial charge in [-0.3, -0.25) is 9.36 Å². The maximum atomic E-state index is 12.1. The van der Waals surface area contributed by atoms with Gasteiger partial charge in [0, 0.05) is 18.3 Å². The normalized spacial score (nSPS) is 13.5. The first-order valence-corrected chi connectivity index (χ1v) is 5.10. The van der Waals surface area contributed by atoms with Crippen molar-refractivity contribution in [2.75, 3.05) is 0 Å². The molecule has 0 saturated carbocycles. The lowest BCUT2D eigenvalue weighted by molar-refractivity contribution is 0.0728. The van der Waals surface area contributed by atoms with E-state index in [1.165, 1.54) is 0 Å². The van der Waals surface area contributed by atoms with Gasteiger partial charge in [-0.2, -0.15) is 0 Å². The molecule has 0 saturated heterocycles. The van der Waals surface area contributed by atoms with Crippen molar-refractivity contribution in [3.05, 3.63) is 31.4 Å². The molecule has 0 bridgehead atoms. The van der Waals surface area contributed by atoms with Crippen LogP contribution in [0.5, 0.6) is 0 Å². The highest BCUT2D eigenvalue weighted by atomic mass is 16.2. The largest absolute Gasteiger partial charge is 0.276 e. The molecular weight excluding hydrogens is 188 g/mol. The van der Waals surface area contributed by atoms with Gasteiger partial charge in [0.1, 0.15) is 6.33 Å². The standard InChI is InChI=1S/C12H18N2O/c1-5-6-10(12(2,3)4)11(15)14-8-7-13-9-14/h5,7-10H,1,6H2,2-4H3. The first-order valence-electron chi connectivity index (χ1n) is 5.10. The summed E-state index contributed by atoms with van der Waals surface area (Å²) in [6.07, 6.45) is 7.34. The topological polar surface area (TPSA) is 34.9 Å². The Bertz CT molecular complexity index is 333. The molecular formula is C12H18N2O. The number of aromatic nitrogens is 2. The molecule has 0 amide bonds. The molecule has 1 atom stereocenters. The van der Waals surface area contributed by atoms with Crippen molar-refractivity contribution in [1.29, 1.82) is 0 Å². The predicted octanol–water partition coefficient (Wildman–Crippen LogP) is 2.76. The number of imidazole rings is 1. The predicted molar refractivity (Wildman–Crippen MR) is 60.6 cm³/mol. The second-order valence-electron chi connectivity index (χ2n) is 4.75. The Labute approximate surface area is 90.8 Å². The van der Waals surface area contributed by atoms with E-state index in [1.54, 1.807) is 29.4 Å². The van der Waals surface area contributed by atoms with Crippen LogP contribution in [0.4, 0.5) is 0 Å². The Balaban J connectivity index is 2.91. The van der Waals surface area contributed by atoms with Crippen LogP contribution in [0.1, 0.15) is 32.0 Å². The summed E-state index contributed by atoms with van der Waals surface area (Å²) in [5.74, 6) is 0.0316. The smallest absolute Gasteiger partial charge is 0.235 e. The van der Waals surface area contributed by atoms with E-state index in [1.807, 2.05) is 0 Å². The van der Waals surface area contributed by atoms with Crippen molar-refractivity contribution in [1.82, 2.24) is 9.55 Å². The zero-order valence-corrected chi connectivity index (χ0v) is 9.60. The summed E-state index contributed by atoms with van der Waals surface area (Å²) < 4.78 is 1.54. The van der Waals surface area contributed by atoms with E-state index in [2.05, 4.69) is 32.3 Å². The van der Waals surface area contributed by atoms with E-state index in [-0.39, 0.29) is 17.2 Å². The van der Waals surface area contributed by atoms with E-state index in [0.29, 0.717) is 6.42 Å². The molecule has 0 aromatic carbocycles. The number of carbonyl (C=O) groups is 1. The van der Waals surface area contributed by atoms with Crippen LogP contribution in [0, 0.1) is 11.3 Å². The number of allylic oxidation sites excluding steroid dienone is 1. The molecule has 3 nitrogen and oxygen atoms in total. The SMILES string of the molecule is C=CCC(C(=O)n1ccnc1)C(C)(C)C. The fourth-order valence-corrected chi connectivity index (χ4v) is 1.56. The van der Waals surface area contributed by atoms with Crippen molar-refractivity contribution in [3.8, 4) is 0 Å². The molecule has 0 aliphatic heterocycles. The van der Waals surface area contributed by atoms with Crippen molar-refractivity contribution < 1.29 is 4.79 Å². The molecule has 1 aromatic heterocycles. The van der Waals surface area contributed by atoms with Gasteiger partial charge >= 0.3 is 0 Å². The van der Waals surface area contributed by atoms with Gasteiger partial charge in [-0.1, -0.05) is 26.8 Å². The first-order chi connectivity index (χ1) is 6.96. The lowest BCUT2D eigenvalue weighted by Crippen LogP contribution is -2.31. The van der Waals surface area contributed by atoms with Crippen molar-refractivity contribution >= 4 is 5.91 Å². The zero-order valence-electron chi connectivity index (χ0n) is 9.60. The van der Waals surface area contributed by atoms with Crippen molar-refractivity contribution in [2.45, 2.75) is 27.2 Å². The molecule has 0 N–H and O–H groups in total. The molecule has 82 valence electrons. The minimum Gasteiger partial charge on any atom is -0.276 e. The van der Waals surface area contributed by atoms with Gasteiger partial charge in [-0.25, -0.2) is 4.98 Å². The van der Waals surface area contributed by atoms with Crippen LogP contribution < -0.4 is 0 Å². The third-order valence-corrected chi connectivity index (χ3v) is 2.50. The maximum absolute atomic E-state index is 12.1. The van der Waals surface area contributed by atoms with Crippen LogP contribution in [0.3, 0.4) is 0 Å². The quantitative estimate of drug-likeness (QED) is 0.713. The minimum atomic E-state index is -0.0600. The molecule has 15 heavy (non-hydrogen) atoms. The lowest BCUT2D eigenvalue weighted by atomic mass is 9.78. The van der Waals surface area contributed by atoms with Gasteiger partial charge in [0.2, 0.25) is 5.91 Å². The number of carbonyl (C=O) groups excluding carboxylic acids is 1. The highest BCUT2D eigenvalue weighted by Gasteiger charge is 2.30. The number of hydrogen-bond acceptors (Lipinski definition) is 2. The van der Waals surface area contributed by atoms with Crippen molar-refractivity contribution in [3.63, 3.8) is 0 Å². The van der Waals surface area contributed by atoms with Gasteiger partial charge in [-0.05, 0) is 11.8 Å². The zero-order chi connectivity index (χ0) is 11.5. The average molecular weight is 206 g/mol. The number of rotatable bonds is 3. The molecule has 1 rings (SSSR count). The third kappa shape index (κ3) is 2.78. The summed E-state index contributed by atoms with van der Waals surface area (Å²) in [6.45, 7) is 9.90. The molecule has 1 unspecified atom stereocenters. The second kappa shape index (κ2) is 4.43. The third-order valence-electron chi connectivity index (χ3n) is 2.50. The van der Waals surface area contributed by atoms with E-state index < -0.39 is 0 Å². The molecule has 1 aromatic rings. The van der Waals surface area contributed by atoms with Gasteiger partial charge in [0.25, 0.3) is 0 Å². The molecule has 0 spiro atoms. The molecule has 0 radical (unpaired) electrons. The first kappa shape index (κ1) is 11.7. The van der Waals surface area contributed by atoms with E-state index in [4.69, 9.17) is 0 Å². The minimum absolute atomic E-state index is 0.0517. The lowest BCUT2D eigenvalue weighted by Gasteiger charge is -2.28. The fourth-order valence-electron chi connectivity index (χ4n) is 1.56. The van der Waals surface area contributed by atoms with E-state index in [0.717, 1.165) is 0 Å². The summed E-state index contributed by atoms with van der Waals surface area (Å²) in [6, 6.07) is 0. The Morgan fingerprint density at radius 2 is 2.27 bits per heavy atom. The highest BCUT2D eigenvalue weighted by Crippen LogP contribution is 2.30. The summed E-state index contributed by atoms with van der Waals surface area (Å²) in [4.78, 5) is 16.0. The number of hydrogen-bond donors (Lipinski definition) is 0. The van der Waals surface area contributed by atoms with Gasteiger partial charge in [0.15, 0.2) is 0 Å². The van der Waals surface area contributed by atoms with E-state index in [9.17, 15) is 4.79 Å². The van der Waals surface area contributed by atoms with Crippen LogP contribution in [0.15, 0.2) is 31.4 Å². The maximum Gasteiger partial charge on any atom is 0.235 e. The monoisotopic (exact) mass is 206 g/mol. The number of nitrogens with zero attached hydrogens (tertiary/aromatic N) is 2. The van der Waals surface area contributed by atoms with Crippen LogP contribution >= 0.6 is 0 Å². The molecule has 3 heteroatoms. The van der Waals surface area contributed by atoms with Crippen LogP contribution in [0.2, 0.25) is 0 Å². The summed E-state index contributed by atoms with van der Waals surface area (Å²) in [5, 5.41) is 0. The van der Waals surface area contributed by atoms with Gasteiger partial charge in [0.05, 0.1) is 0 Å². The summed E-state index contributed by atoms with van der Waals surface area (Å²) in [7, 11) is 0. The second-order valence-corrected chi connectivity index (χ2v) is 4.75. The average Bonchev–Trinajstić information content (AvgIpc) is 2.63. The van der Waals surface area contributed by atoms with Crippen LogP contribution in [-0.4, -0.2) is 15.5 Å².